The number of halogens is 3. The maximum atomic E-state index is 12.4. The molecule has 0 saturated carbocycles. The Morgan fingerprint density at radius 2 is 2.20 bits per heavy atom. The SMILES string of the molecule is O=Cc1nc(C(F)F)c([N+](=O)[O-])cc1I. The van der Waals surface area contributed by atoms with E-state index in [4.69, 9.17) is 0 Å². The number of hydrogen-bond donors (Lipinski definition) is 0. The third-order valence-corrected chi connectivity index (χ3v) is 2.39. The van der Waals surface area contributed by atoms with E-state index in [1.165, 1.54) is 0 Å². The van der Waals surface area contributed by atoms with Gasteiger partial charge >= 0.3 is 0 Å². The van der Waals surface area contributed by atoms with Gasteiger partial charge in [0.15, 0.2) is 12.0 Å². The number of alkyl halides is 2. The van der Waals surface area contributed by atoms with Crippen LogP contribution in [0.15, 0.2) is 6.07 Å². The highest BCUT2D eigenvalue weighted by atomic mass is 127. The van der Waals surface area contributed by atoms with Crippen LogP contribution in [-0.4, -0.2) is 16.2 Å². The van der Waals surface area contributed by atoms with E-state index in [9.17, 15) is 23.7 Å². The molecule has 0 bridgehead atoms. The van der Waals surface area contributed by atoms with Crippen molar-refractivity contribution < 1.29 is 18.5 Å². The fourth-order valence-corrected chi connectivity index (χ4v) is 1.44. The number of aldehydes is 1. The van der Waals surface area contributed by atoms with Crippen molar-refractivity contribution in [3.05, 3.63) is 31.1 Å². The zero-order chi connectivity index (χ0) is 11.6. The summed E-state index contributed by atoms with van der Waals surface area (Å²) in [6, 6.07) is 0.902. The number of nitrogens with zero attached hydrogens (tertiary/aromatic N) is 2. The monoisotopic (exact) mass is 328 g/mol. The van der Waals surface area contributed by atoms with Gasteiger partial charge in [-0.1, -0.05) is 0 Å². The van der Waals surface area contributed by atoms with E-state index in [0.29, 0.717) is 0 Å². The Morgan fingerprint density at radius 1 is 1.60 bits per heavy atom. The number of hydrogen-bond acceptors (Lipinski definition) is 4. The quantitative estimate of drug-likeness (QED) is 0.369. The standard InChI is InChI=1S/C7H3F2IN2O3/c8-7(9)6-5(12(14)15)1-3(10)4(2-13)11-6/h1-2,7H. The molecule has 5 nitrogen and oxygen atoms in total. The van der Waals surface area contributed by atoms with Crippen molar-refractivity contribution in [2.75, 3.05) is 0 Å². The van der Waals surface area contributed by atoms with Crippen LogP contribution in [0.2, 0.25) is 0 Å². The van der Waals surface area contributed by atoms with Crippen molar-refractivity contribution in [2.45, 2.75) is 6.43 Å². The summed E-state index contributed by atoms with van der Waals surface area (Å²) in [7, 11) is 0. The van der Waals surface area contributed by atoms with E-state index in [0.717, 1.165) is 6.07 Å². The lowest BCUT2D eigenvalue weighted by molar-refractivity contribution is -0.386. The molecule has 1 aromatic rings. The average molecular weight is 328 g/mol. The molecule has 1 rings (SSSR count). The molecule has 15 heavy (non-hydrogen) atoms. The molecule has 0 aromatic carbocycles. The molecule has 0 N–H and O–H groups in total. The zero-order valence-corrected chi connectivity index (χ0v) is 9.14. The smallest absolute Gasteiger partial charge is 0.296 e. The van der Waals surface area contributed by atoms with E-state index in [1.54, 1.807) is 22.6 Å². The molecule has 1 aromatic heterocycles. The van der Waals surface area contributed by atoms with E-state index >= 15 is 0 Å². The summed E-state index contributed by atoms with van der Waals surface area (Å²) in [6.07, 6.45) is -2.81. The second-order valence-corrected chi connectivity index (χ2v) is 3.60. The van der Waals surface area contributed by atoms with Crippen LogP contribution in [0.5, 0.6) is 0 Å². The topological polar surface area (TPSA) is 73.1 Å². The highest BCUT2D eigenvalue weighted by molar-refractivity contribution is 14.1. The van der Waals surface area contributed by atoms with Crippen LogP contribution in [0.4, 0.5) is 14.5 Å². The maximum absolute atomic E-state index is 12.4. The first-order valence-electron chi connectivity index (χ1n) is 3.55. The number of aromatic nitrogens is 1. The van der Waals surface area contributed by atoms with Gasteiger partial charge in [0, 0.05) is 9.64 Å². The third kappa shape index (κ3) is 2.43. The van der Waals surface area contributed by atoms with Crippen molar-refractivity contribution in [2.24, 2.45) is 0 Å². The molecule has 0 spiro atoms. The third-order valence-electron chi connectivity index (χ3n) is 1.53. The van der Waals surface area contributed by atoms with Crippen LogP contribution >= 0.6 is 22.6 Å². The fraction of sp³-hybridized carbons (Fsp3) is 0.143. The number of pyridine rings is 1. The highest BCUT2D eigenvalue weighted by Crippen LogP contribution is 2.29. The summed E-state index contributed by atoms with van der Waals surface area (Å²) in [4.78, 5) is 23.1. The van der Waals surface area contributed by atoms with Crippen LogP contribution in [0, 0.1) is 13.7 Å². The van der Waals surface area contributed by atoms with E-state index in [-0.39, 0.29) is 15.6 Å². The Bertz CT molecular complexity index is 425. The van der Waals surface area contributed by atoms with Gasteiger partial charge in [-0.15, -0.1) is 0 Å². The van der Waals surface area contributed by atoms with Gasteiger partial charge in [0.1, 0.15) is 5.69 Å². The molecule has 1 heterocycles. The van der Waals surface area contributed by atoms with Crippen LogP contribution in [0.3, 0.4) is 0 Å². The van der Waals surface area contributed by atoms with Gasteiger partial charge in [-0.2, -0.15) is 0 Å². The Hall–Kier alpha value is -1.19. The lowest BCUT2D eigenvalue weighted by Crippen LogP contribution is -2.04. The lowest BCUT2D eigenvalue weighted by atomic mass is 10.2. The molecule has 0 aliphatic rings. The Kier molecular flexibility index (Phi) is 3.61. The summed E-state index contributed by atoms with van der Waals surface area (Å²) in [5, 5.41) is 10.4. The van der Waals surface area contributed by atoms with E-state index < -0.39 is 22.7 Å². The predicted octanol–water partition coefficient (Wildman–Crippen LogP) is 2.34. The molecule has 0 atom stereocenters. The molecule has 80 valence electrons. The molecular formula is C7H3F2IN2O3. The molecule has 0 aliphatic heterocycles. The van der Waals surface area contributed by atoms with Crippen molar-refractivity contribution in [3.8, 4) is 0 Å². The first-order valence-corrected chi connectivity index (χ1v) is 4.63. The maximum Gasteiger partial charge on any atom is 0.297 e. The Morgan fingerprint density at radius 3 is 2.60 bits per heavy atom. The first kappa shape index (κ1) is 11.9. The molecule has 0 fully saturated rings. The predicted molar refractivity (Wildman–Crippen MR) is 54.0 cm³/mol. The van der Waals surface area contributed by atoms with E-state index in [1.807, 2.05) is 0 Å². The molecule has 0 unspecified atom stereocenters. The summed E-state index contributed by atoms with van der Waals surface area (Å²) < 4.78 is 24.9. The minimum atomic E-state index is -3.08. The largest absolute Gasteiger partial charge is 0.297 e. The normalized spacial score (nSPS) is 10.4. The van der Waals surface area contributed by atoms with Gasteiger partial charge < -0.3 is 0 Å². The van der Waals surface area contributed by atoms with Gasteiger partial charge in [-0.05, 0) is 22.6 Å². The molecule has 0 aliphatic carbocycles. The second-order valence-electron chi connectivity index (χ2n) is 2.44. The summed E-state index contributed by atoms with van der Waals surface area (Å²) in [5.41, 5.74) is -1.99. The van der Waals surface area contributed by atoms with Gasteiger partial charge in [0.25, 0.3) is 12.1 Å². The van der Waals surface area contributed by atoms with Crippen molar-refractivity contribution in [1.29, 1.82) is 0 Å². The number of rotatable bonds is 3. The first-order chi connectivity index (χ1) is 6.97. The van der Waals surface area contributed by atoms with Gasteiger partial charge in [0.05, 0.1) is 4.92 Å². The fourth-order valence-electron chi connectivity index (χ4n) is 0.898. The molecular weight excluding hydrogens is 325 g/mol. The van der Waals surface area contributed by atoms with Crippen molar-refractivity contribution >= 4 is 34.6 Å². The molecule has 8 heteroatoms. The molecule has 0 saturated heterocycles. The second kappa shape index (κ2) is 4.55. The van der Waals surface area contributed by atoms with Crippen LogP contribution in [0.1, 0.15) is 22.6 Å². The van der Waals surface area contributed by atoms with E-state index in [2.05, 4.69) is 4.98 Å². The van der Waals surface area contributed by atoms with Crippen molar-refractivity contribution in [3.63, 3.8) is 0 Å². The highest BCUT2D eigenvalue weighted by Gasteiger charge is 2.25. The Balaban J connectivity index is 3.45. The summed E-state index contributed by atoms with van der Waals surface area (Å²) >= 11 is 1.62. The van der Waals surface area contributed by atoms with Crippen LogP contribution in [-0.2, 0) is 0 Å². The minimum Gasteiger partial charge on any atom is -0.296 e. The van der Waals surface area contributed by atoms with Gasteiger partial charge in [-0.25, -0.2) is 13.8 Å². The Labute approximate surface area is 95.8 Å². The lowest BCUT2D eigenvalue weighted by Gasteiger charge is -2.02. The van der Waals surface area contributed by atoms with Crippen LogP contribution in [0.25, 0.3) is 0 Å². The summed E-state index contributed by atoms with van der Waals surface area (Å²) in [6.45, 7) is 0. The van der Waals surface area contributed by atoms with Crippen LogP contribution < -0.4 is 0 Å². The average Bonchev–Trinajstić information content (AvgIpc) is 2.16. The molecule has 0 radical (unpaired) electrons. The minimum absolute atomic E-state index is 0.165. The molecule has 0 amide bonds. The zero-order valence-electron chi connectivity index (χ0n) is 6.99. The van der Waals surface area contributed by atoms with Gasteiger partial charge in [0.2, 0.25) is 0 Å². The number of carbonyl (C=O) groups excluding carboxylic acids is 1. The number of carbonyl (C=O) groups is 1. The van der Waals surface area contributed by atoms with Gasteiger partial charge in [-0.3, -0.25) is 14.9 Å². The summed E-state index contributed by atoms with van der Waals surface area (Å²) in [5.74, 6) is 0. The number of nitro groups is 1. The van der Waals surface area contributed by atoms with Crippen molar-refractivity contribution in [1.82, 2.24) is 4.98 Å².